The van der Waals surface area contributed by atoms with Crippen LogP contribution in [0.2, 0.25) is 0 Å². The highest BCUT2D eigenvalue weighted by molar-refractivity contribution is 5.52. The number of hydrogen-bond donors (Lipinski definition) is 0. The van der Waals surface area contributed by atoms with Crippen LogP contribution in [0.5, 0.6) is 0 Å². The zero-order valence-electron chi connectivity index (χ0n) is 18.8. The quantitative estimate of drug-likeness (QED) is 0.404. The first kappa shape index (κ1) is 20.7. The van der Waals surface area contributed by atoms with Gasteiger partial charge < -0.3 is 0 Å². The Hall–Kier alpha value is -1.04. The maximum absolute atomic E-state index is 2.56. The van der Waals surface area contributed by atoms with Crippen LogP contribution in [-0.4, -0.2) is 0 Å². The lowest BCUT2D eigenvalue weighted by Crippen LogP contribution is -2.25. The van der Waals surface area contributed by atoms with E-state index in [4.69, 9.17) is 0 Å². The van der Waals surface area contributed by atoms with Gasteiger partial charge in [-0.25, -0.2) is 0 Å². The van der Waals surface area contributed by atoms with Gasteiger partial charge in [0, 0.05) is 0 Å². The van der Waals surface area contributed by atoms with E-state index in [1.807, 2.05) is 0 Å². The molecule has 0 bridgehead atoms. The Labute approximate surface area is 168 Å². The minimum atomic E-state index is 0.453. The molecule has 3 aliphatic carbocycles. The molecule has 27 heavy (non-hydrogen) atoms. The van der Waals surface area contributed by atoms with Crippen molar-refractivity contribution in [1.82, 2.24) is 0 Å². The first-order valence-electron chi connectivity index (χ1n) is 11.6. The smallest absolute Gasteiger partial charge is 0.0156 e. The Morgan fingerprint density at radius 3 is 2.52 bits per heavy atom. The number of rotatable bonds is 8. The summed E-state index contributed by atoms with van der Waals surface area (Å²) in [6.45, 7) is 14.7. The molecule has 0 amide bonds. The zero-order chi connectivity index (χ0) is 19.6. The summed E-state index contributed by atoms with van der Waals surface area (Å²) >= 11 is 0. The maximum Gasteiger partial charge on any atom is -0.0156 e. The molecule has 0 N–H and O–H groups in total. The summed E-state index contributed by atoms with van der Waals surface area (Å²) in [7, 11) is 0. The molecule has 3 aliphatic rings. The maximum atomic E-state index is 2.56. The topological polar surface area (TPSA) is 0 Å². The average Bonchev–Trinajstić information content (AvgIpc) is 3.31. The highest BCUT2D eigenvalue weighted by Gasteiger charge is 2.39. The molecule has 0 aromatic heterocycles. The van der Waals surface area contributed by atoms with Gasteiger partial charge in [-0.05, 0) is 97.7 Å². The largest absolute Gasteiger partial charge is 0.0807 e. The molecule has 0 aromatic carbocycles. The SMILES string of the molecule is CCC(C)(C)CC(CC1CC1C)C(C)C(C1=CC=CCC=C1C)=C1CCC1. The molecule has 2 saturated carbocycles. The van der Waals surface area contributed by atoms with Gasteiger partial charge in [0.25, 0.3) is 0 Å². The van der Waals surface area contributed by atoms with Crippen molar-refractivity contribution in [2.45, 2.75) is 92.9 Å². The molecule has 0 spiro atoms. The molecule has 0 nitrogen and oxygen atoms in total. The molecule has 0 heteroatoms. The molecule has 0 aromatic rings. The summed E-state index contributed by atoms with van der Waals surface area (Å²) in [5.41, 5.74) is 6.99. The highest BCUT2D eigenvalue weighted by Crippen LogP contribution is 2.50. The minimum absolute atomic E-state index is 0.453. The Morgan fingerprint density at radius 2 is 1.96 bits per heavy atom. The molecule has 0 heterocycles. The summed E-state index contributed by atoms with van der Waals surface area (Å²) in [5.74, 6) is 3.45. The van der Waals surface area contributed by atoms with Crippen molar-refractivity contribution in [2.75, 3.05) is 0 Å². The van der Waals surface area contributed by atoms with Gasteiger partial charge in [0.05, 0.1) is 0 Å². The molecule has 2 fully saturated rings. The molecule has 0 aliphatic heterocycles. The average molecular weight is 367 g/mol. The van der Waals surface area contributed by atoms with E-state index in [0.717, 1.165) is 24.2 Å². The summed E-state index contributed by atoms with van der Waals surface area (Å²) in [6, 6.07) is 0. The predicted molar refractivity (Wildman–Crippen MR) is 120 cm³/mol. The van der Waals surface area contributed by atoms with Crippen molar-refractivity contribution >= 4 is 0 Å². The van der Waals surface area contributed by atoms with E-state index in [-0.39, 0.29) is 0 Å². The zero-order valence-corrected chi connectivity index (χ0v) is 18.8. The summed E-state index contributed by atoms with van der Waals surface area (Å²) in [6.07, 6.45) is 20.1. The minimum Gasteiger partial charge on any atom is -0.0807 e. The van der Waals surface area contributed by atoms with Gasteiger partial charge in [-0.1, -0.05) is 70.9 Å². The summed E-state index contributed by atoms with van der Waals surface area (Å²) in [4.78, 5) is 0. The lowest BCUT2D eigenvalue weighted by Gasteiger charge is -2.37. The van der Waals surface area contributed by atoms with Crippen LogP contribution in [0.3, 0.4) is 0 Å². The second-order valence-corrected chi connectivity index (χ2v) is 10.5. The Bertz CT molecular complexity index is 646. The van der Waals surface area contributed by atoms with Crippen LogP contribution < -0.4 is 0 Å². The van der Waals surface area contributed by atoms with Crippen molar-refractivity contribution in [1.29, 1.82) is 0 Å². The second kappa shape index (κ2) is 8.54. The third kappa shape index (κ3) is 5.07. The van der Waals surface area contributed by atoms with E-state index in [0.29, 0.717) is 11.3 Å². The molecule has 150 valence electrons. The summed E-state index contributed by atoms with van der Waals surface area (Å²) in [5, 5.41) is 0. The monoisotopic (exact) mass is 366 g/mol. The lowest BCUT2D eigenvalue weighted by molar-refractivity contribution is 0.205. The fourth-order valence-electron chi connectivity index (χ4n) is 5.08. The molecular weight excluding hydrogens is 324 g/mol. The van der Waals surface area contributed by atoms with Gasteiger partial charge >= 0.3 is 0 Å². The lowest BCUT2D eigenvalue weighted by atomic mass is 9.68. The third-order valence-electron chi connectivity index (χ3n) is 7.83. The van der Waals surface area contributed by atoms with Gasteiger partial charge in [-0.2, -0.15) is 0 Å². The van der Waals surface area contributed by atoms with E-state index in [1.54, 1.807) is 16.7 Å². The molecule has 4 unspecified atom stereocenters. The third-order valence-corrected chi connectivity index (χ3v) is 7.83. The predicted octanol–water partition coefficient (Wildman–Crippen LogP) is 8.42. The van der Waals surface area contributed by atoms with E-state index >= 15 is 0 Å². The highest BCUT2D eigenvalue weighted by atomic mass is 14.4. The van der Waals surface area contributed by atoms with Crippen LogP contribution in [0.1, 0.15) is 92.9 Å². The van der Waals surface area contributed by atoms with Crippen LogP contribution in [0, 0.1) is 29.1 Å². The Kier molecular flexibility index (Phi) is 6.54. The molecule has 0 radical (unpaired) electrons. The second-order valence-electron chi connectivity index (χ2n) is 10.5. The molecular formula is C27H42. The van der Waals surface area contributed by atoms with Gasteiger partial charge in [0.1, 0.15) is 0 Å². The van der Waals surface area contributed by atoms with Crippen LogP contribution in [0.15, 0.2) is 46.6 Å². The first-order valence-corrected chi connectivity index (χ1v) is 11.6. The Morgan fingerprint density at radius 1 is 1.26 bits per heavy atom. The molecule has 0 saturated heterocycles. The van der Waals surface area contributed by atoms with E-state index in [2.05, 4.69) is 65.8 Å². The standard InChI is InChI=1S/C27H42/c1-7-27(5,6)18-24(17-23-16-20(23)3)21(4)26(22-13-11-14-22)25-15-10-8-9-12-19(25)2/h8,10,12,15,20-21,23-24H,7,9,11,13-14,16-18H2,1-6H3. The summed E-state index contributed by atoms with van der Waals surface area (Å²) < 4.78 is 0. The van der Waals surface area contributed by atoms with Gasteiger partial charge in [-0.3, -0.25) is 0 Å². The van der Waals surface area contributed by atoms with Gasteiger partial charge in [0.15, 0.2) is 0 Å². The Balaban J connectivity index is 1.91. The molecule has 3 rings (SSSR count). The fourth-order valence-corrected chi connectivity index (χ4v) is 5.08. The number of allylic oxidation sites excluding steroid dienone is 8. The van der Waals surface area contributed by atoms with Crippen molar-refractivity contribution < 1.29 is 0 Å². The van der Waals surface area contributed by atoms with E-state index in [9.17, 15) is 0 Å². The van der Waals surface area contributed by atoms with Crippen molar-refractivity contribution in [3.8, 4) is 0 Å². The first-order chi connectivity index (χ1) is 12.8. The fraction of sp³-hybridized carbons (Fsp3) is 0.704. The van der Waals surface area contributed by atoms with Crippen LogP contribution in [0.25, 0.3) is 0 Å². The molecule has 4 atom stereocenters. The van der Waals surface area contributed by atoms with Crippen LogP contribution >= 0.6 is 0 Å². The van der Waals surface area contributed by atoms with E-state index in [1.165, 1.54) is 50.5 Å². The van der Waals surface area contributed by atoms with Gasteiger partial charge in [-0.15, -0.1) is 0 Å². The van der Waals surface area contributed by atoms with E-state index < -0.39 is 0 Å². The van der Waals surface area contributed by atoms with Crippen LogP contribution in [0.4, 0.5) is 0 Å². The van der Waals surface area contributed by atoms with Crippen molar-refractivity contribution in [2.24, 2.45) is 29.1 Å². The van der Waals surface area contributed by atoms with Crippen LogP contribution in [-0.2, 0) is 0 Å². The van der Waals surface area contributed by atoms with Crippen molar-refractivity contribution in [3.05, 3.63) is 46.6 Å². The van der Waals surface area contributed by atoms with Crippen molar-refractivity contribution in [3.63, 3.8) is 0 Å². The van der Waals surface area contributed by atoms with Gasteiger partial charge in [0.2, 0.25) is 0 Å². The normalized spacial score (nSPS) is 27.3. The number of hydrogen-bond acceptors (Lipinski definition) is 0.